The van der Waals surface area contributed by atoms with E-state index in [0.717, 1.165) is 42.0 Å². The molecule has 0 aromatic carbocycles. The number of rotatable bonds is 8. The summed E-state index contributed by atoms with van der Waals surface area (Å²) in [4.78, 5) is 25.6. The number of hydrogen-bond acceptors (Lipinski definition) is 13. The summed E-state index contributed by atoms with van der Waals surface area (Å²) in [6, 6.07) is 0. The molecule has 30 heavy (non-hydrogen) atoms. The molecule has 2 aliphatic rings. The Morgan fingerprint density at radius 1 is 1.23 bits per heavy atom. The van der Waals surface area contributed by atoms with E-state index in [1.807, 2.05) is 0 Å². The first-order valence-corrected chi connectivity index (χ1v) is 11.7. The Morgan fingerprint density at radius 3 is 2.73 bits per heavy atom. The Labute approximate surface area is 184 Å². The molecule has 0 N–H and O–H groups in total. The van der Waals surface area contributed by atoms with E-state index in [-0.39, 0.29) is 0 Å². The van der Waals surface area contributed by atoms with Crippen molar-refractivity contribution in [1.82, 2.24) is 33.9 Å². The van der Waals surface area contributed by atoms with Gasteiger partial charge in [0.2, 0.25) is 5.16 Å². The summed E-state index contributed by atoms with van der Waals surface area (Å²) in [5, 5.41) is 11.0. The van der Waals surface area contributed by atoms with Gasteiger partial charge in [-0.1, -0.05) is 6.08 Å². The van der Waals surface area contributed by atoms with Crippen LogP contribution in [-0.2, 0) is 26.1 Å². The maximum atomic E-state index is 11.7. The predicted molar refractivity (Wildman–Crippen MR) is 110 cm³/mol. The maximum Gasteiger partial charge on any atom is 0.421 e. The van der Waals surface area contributed by atoms with Crippen molar-refractivity contribution >= 4 is 52.8 Å². The van der Waals surface area contributed by atoms with Crippen LogP contribution in [0.15, 0.2) is 16.3 Å². The van der Waals surface area contributed by atoms with Crippen molar-refractivity contribution in [3.63, 3.8) is 0 Å². The minimum absolute atomic E-state index is 0.299. The zero-order chi connectivity index (χ0) is 21.1. The number of aryl methyl sites for hydroxylation is 1. The molecule has 14 heteroatoms. The number of aromatic nitrogens is 6. The maximum absolute atomic E-state index is 11.7. The highest BCUT2D eigenvalue weighted by atomic mass is 32.2. The van der Waals surface area contributed by atoms with Crippen LogP contribution in [-0.4, -0.2) is 76.8 Å². The van der Waals surface area contributed by atoms with Gasteiger partial charge in [0.05, 0.1) is 11.7 Å². The number of thioether (sulfide) groups is 2. The molecule has 0 spiro atoms. The second-order valence-corrected chi connectivity index (χ2v) is 9.58. The molecule has 4 heterocycles. The van der Waals surface area contributed by atoms with Crippen molar-refractivity contribution in [2.45, 2.75) is 34.6 Å². The lowest BCUT2D eigenvalue weighted by Crippen LogP contribution is -2.27. The van der Waals surface area contributed by atoms with E-state index in [1.54, 1.807) is 18.8 Å². The molecule has 1 saturated heterocycles. The molecule has 2 aromatic heterocycles. The summed E-state index contributed by atoms with van der Waals surface area (Å²) >= 11 is 3.79. The summed E-state index contributed by atoms with van der Waals surface area (Å²) in [7, 11) is 3.74. The SMILES string of the molecule is CN1CCC=C(c2nsnc2SCCCC2(Sc3nnnn3C)OC(=O)C(=O)O2)C1. The first-order chi connectivity index (χ1) is 14.5. The third-order valence-electron chi connectivity index (χ3n) is 4.46. The molecule has 0 bridgehead atoms. The Morgan fingerprint density at radius 2 is 2.03 bits per heavy atom. The van der Waals surface area contributed by atoms with Gasteiger partial charge in [-0.05, 0) is 41.6 Å². The number of hydrogen-bond donors (Lipinski definition) is 0. The van der Waals surface area contributed by atoms with Gasteiger partial charge >= 0.3 is 17.1 Å². The molecular formula is C16H19N7O4S3. The van der Waals surface area contributed by atoms with Crippen LogP contribution in [0, 0.1) is 0 Å². The number of nitrogens with zero attached hydrogens (tertiary/aromatic N) is 7. The van der Waals surface area contributed by atoms with Crippen LogP contribution in [0.25, 0.3) is 5.57 Å². The fourth-order valence-electron chi connectivity index (χ4n) is 3.02. The van der Waals surface area contributed by atoms with Crippen LogP contribution < -0.4 is 0 Å². The van der Waals surface area contributed by atoms with Crippen molar-refractivity contribution in [1.29, 1.82) is 0 Å². The number of likely N-dealkylation sites (N-methyl/N-ethyl adjacent to an activating group) is 1. The molecule has 2 aromatic rings. The summed E-state index contributed by atoms with van der Waals surface area (Å²) in [5.41, 5.74) is 2.13. The van der Waals surface area contributed by atoms with Crippen molar-refractivity contribution in [2.75, 3.05) is 25.9 Å². The molecule has 1 fully saturated rings. The zero-order valence-electron chi connectivity index (χ0n) is 16.3. The standard InChI is InChI=1S/C16H19N7O4S3/c1-22-7-3-5-10(9-22)11-12(19-30-18-11)28-8-4-6-16(26-13(24)14(25)27-16)29-15-17-20-21-23(15)2/h5H,3-4,6-9H2,1-2H3. The Hall–Kier alpha value is -2.03. The van der Waals surface area contributed by atoms with Crippen molar-refractivity contribution in [3.05, 3.63) is 11.8 Å². The van der Waals surface area contributed by atoms with Gasteiger partial charge in [-0.2, -0.15) is 8.75 Å². The molecule has 0 amide bonds. The van der Waals surface area contributed by atoms with Crippen LogP contribution in [0.1, 0.15) is 25.0 Å². The summed E-state index contributed by atoms with van der Waals surface area (Å²) in [6.45, 7) is 1.90. The van der Waals surface area contributed by atoms with Crippen LogP contribution in [0.5, 0.6) is 0 Å². The van der Waals surface area contributed by atoms with E-state index >= 15 is 0 Å². The molecule has 0 unspecified atom stereocenters. The van der Waals surface area contributed by atoms with E-state index < -0.39 is 17.1 Å². The molecule has 4 rings (SSSR count). The molecule has 0 atom stereocenters. The Kier molecular flexibility index (Phi) is 6.36. The minimum Gasteiger partial charge on any atom is -0.404 e. The zero-order valence-corrected chi connectivity index (χ0v) is 18.8. The van der Waals surface area contributed by atoms with Crippen molar-refractivity contribution in [3.8, 4) is 0 Å². The lowest BCUT2D eigenvalue weighted by atomic mass is 10.1. The molecule has 11 nitrogen and oxygen atoms in total. The Bertz CT molecular complexity index is 960. The van der Waals surface area contributed by atoms with Crippen molar-refractivity contribution < 1.29 is 19.1 Å². The van der Waals surface area contributed by atoms with Gasteiger partial charge in [0.25, 0.3) is 0 Å². The normalized spacial score (nSPS) is 18.9. The molecule has 2 aliphatic heterocycles. The number of carbonyl (C=O) groups excluding carboxylic acids is 2. The highest BCUT2D eigenvalue weighted by Gasteiger charge is 2.50. The summed E-state index contributed by atoms with van der Waals surface area (Å²) < 4.78 is 20.8. The highest BCUT2D eigenvalue weighted by Crippen LogP contribution is 2.41. The molecule has 0 radical (unpaired) electrons. The van der Waals surface area contributed by atoms with Gasteiger partial charge < -0.3 is 14.4 Å². The first-order valence-electron chi connectivity index (χ1n) is 9.17. The van der Waals surface area contributed by atoms with Crippen LogP contribution >= 0.6 is 35.3 Å². The average Bonchev–Trinajstić information content (AvgIpc) is 3.40. The number of carbonyl (C=O) groups is 2. The van der Waals surface area contributed by atoms with Gasteiger partial charge in [-0.15, -0.1) is 16.9 Å². The third-order valence-corrected chi connectivity index (χ3v) is 7.37. The molecule has 160 valence electrons. The highest BCUT2D eigenvalue weighted by molar-refractivity contribution is 8.00. The van der Waals surface area contributed by atoms with Gasteiger partial charge in [-0.3, -0.25) is 0 Å². The van der Waals surface area contributed by atoms with Crippen molar-refractivity contribution in [2.24, 2.45) is 7.05 Å². The minimum atomic E-state index is -1.46. The quantitative estimate of drug-likeness (QED) is 0.239. The van der Waals surface area contributed by atoms with Crippen LogP contribution in [0.4, 0.5) is 0 Å². The van der Waals surface area contributed by atoms with E-state index in [2.05, 4.69) is 42.3 Å². The van der Waals surface area contributed by atoms with Crippen LogP contribution in [0.2, 0.25) is 0 Å². The molecular weight excluding hydrogens is 450 g/mol. The van der Waals surface area contributed by atoms with E-state index in [4.69, 9.17) is 9.47 Å². The third kappa shape index (κ3) is 4.66. The largest absolute Gasteiger partial charge is 0.421 e. The Balaban J connectivity index is 1.37. The first kappa shape index (κ1) is 21.2. The van der Waals surface area contributed by atoms with E-state index in [0.29, 0.717) is 23.8 Å². The smallest absolute Gasteiger partial charge is 0.404 e. The number of tetrazole rings is 1. The van der Waals surface area contributed by atoms with E-state index in [9.17, 15) is 9.59 Å². The molecule has 0 saturated carbocycles. The predicted octanol–water partition coefficient (Wildman–Crippen LogP) is 1.20. The molecule has 0 aliphatic carbocycles. The van der Waals surface area contributed by atoms with E-state index in [1.165, 1.54) is 22.0 Å². The number of esters is 2. The average molecular weight is 470 g/mol. The number of ether oxygens (including phenoxy) is 2. The van der Waals surface area contributed by atoms with Gasteiger partial charge in [0.1, 0.15) is 10.7 Å². The van der Waals surface area contributed by atoms with Gasteiger partial charge in [0.15, 0.2) is 0 Å². The van der Waals surface area contributed by atoms with Gasteiger partial charge in [-0.25, -0.2) is 14.3 Å². The topological polar surface area (TPSA) is 125 Å². The van der Waals surface area contributed by atoms with Crippen LogP contribution in [0.3, 0.4) is 0 Å². The summed E-state index contributed by atoms with van der Waals surface area (Å²) in [5.74, 6) is -1.33. The fourth-order valence-corrected chi connectivity index (χ4v) is 5.68. The summed E-state index contributed by atoms with van der Waals surface area (Å²) in [6.07, 6.45) is 4.13. The second kappa shape index (κ2) is 8.99. The second-order valence-electron chi connectivity index (χ2n) is 6.77. The number of cyclic esters (lactones) is 2. The lowest BCUT2D eigenvalue weighted by Gasteiger charge is -2.23. The van der Waals surface area contributed by atoms with Gasteiger partial charge in [0, 0.05) is 38.3 Å². The monoisotopic (exact) mass is 469 g/mol. The fraction of sp³-hybridized carbons (Fsp3) is 0.562. The lowest BCUT2D eigenvalue weighted by molar-refractivity contribution is -0.150.